The van der Waals surface area contributed by atoms with Crippen molar-refractivity contribution < 1.29 is 5.11 Å². The first-order valence-corrected chi connectivity index (χ1v) is 6.80. The Morgan fingerprint density at radius 2 is 1.68 bits per heavy atom. The number of hydrogen-bond acceptors (Lipinski definition) is 1. The van der Waals surface area contributed by atoms with Crippen molar-refractivity contribution in [3.8, 4) is 0 Å². The average Bonchev–Trinajstić information content (AvgIpc) is 2.37. The minimum Gasteiger partial charge on any atom is -0.392 e. The van der Waals surface area contributed by atoms with Gasteiger partial charge >= 0.3 is 0 Å². The molecule has 102 valence electrons. The van der Waals surface area contributed by atoms with E-state index in [1.807, 2.05) is 6.08 Å². The number of allylic oxidation sites excluding steroid dienone is 3. The van der Waals surface area contributed by atoms with Crippen molar-refractivity contribution in [1.29, 1.82) is 0 Å². The smallest absolute Gasteiger partial charge is 0.0615 e. The lowest BCUT2D eigenvalue weighted by molar-refractivity contribution is 0.343. The molecule has 0 fully saturated rings. The monoisotopic (exact) mass is 256 g/mol. The number of hydrogen-bond donors (Lipinski definition) is 1. The van der Waals surface area contributed by atoms with Crippen LogP contribution < -0.4 is 0 Å². The summed E-state index contributed by atoms with van der Waals surface area (Å²) in [6.45, 7) is 6.54. The first-order chi connectivity index (χ1) is 9.11. The van der Waals surface area contributed by atoms with Crippen molar-refractivity contribution in [3.05, 3.63) is 58.7 Å². The van der Waals surface area contributed by atoms with Gasteiger partial charge in [-0.3, -0.25) is 0 Å². The molecule has 0 saturated carbocycles. The average molecular weight is 256 g/mol. The van der Waals surface area contributed by atoms with Gasteiger partial charge in [-0.15, -0.1) is 0 Å². The highest BCUT2D eigenvalue weighted by Gasteiger charge is 1.92. The summed E-state index contributed by atoms with van der Waals surface area (Å²) in [4.78, 5) is 0. The van der Waals surface area contributed by atoms with E-state index in [1.54, 1.807) is 6.08 Å². The van der Waals surface area contributed by atoms with Crippen LogP contribution in [0.3, 0.4) is 0 Å². The maximum atomic E-state index is 8.72. The standard InChI is InChI=1S/C18H24O/c1-15(2)6-4-7-16(3)14-18-11-9-17(10-12-18)8-5-13-19/h5-6,8-12,14,19H,4,7,13H2,1-3H3/b8-5+,16-14+. The van der Waals surface area contributed by atoms with E-state index in [0.717, 1.165) is 18.4 Å². The lowest BCUT2D eigenvalue weighted by Gasteiger charge is -2.01. The fraction of sp³-hybridized carbons (Fsp3) is 0.333. The number of rotatable bonds is 6. The molecular weight excluding hydrogens is 232 g/mol. The molecule has 0 spiro atoms. The lowest BCUT2D eigenvalue weighted by Crippen LogP contribution is -1.80. The maximum absolute atomic E-state index is 8.72. The van der Waals surface area contributed by atoms with Crippen LogP contribution in [0.25, 0.3) is 12.2 Å². The van der Waals surface area contributed by atoms with E-state index in [-0.39, 0.29) is 6.61 Å². The van der Waals surface area contributed by atoms with Crippen molar-refractivity contribution in [3.63, 3.8) is 0 Å². The van der Waals surface area contributed by atoms with Crippen molar-refractivity contribution in [2.24, 2.45) is 0 Å². The Morgan fingerprint density at radius 3 is 2.26 bits per heavy atom. The maximum Gasteiger partial charge on any atom is 0.0615 e. The van der Waals surface area contributed by atoms with Crippen molar-refractivity contribution >= 4 is 12.2 Å². The van der Waals surface area contributed by atoms with Crippen LogP contribution in [-0.2, 0) is 0 Å². The SMILES string of the molecule is CC(C)=CCC/C(C)=C/c1ccc(/C=C/CO)cc1. The van der Waals surface area contributed by atoms with Gasteiger partial charge in [0.05, 0.1) is 6.61 Å². The van der Waals surface area contributed by atoms with E-state index in [2.05, 4.69) is 57.2 Å². The zero-order chi connectivity index (χ0) is 14.1. The van der Waals surface area contributed by atoms with Gasteiger partial charge in [-0.1, -0.05) is 59.7 Å². The molecule has 0 saturated heterocycles. The molecule has 0 aliphatic rings. The Labute approximate surface area is 117 Å². The molecule has 1 aromatic rings. The second-order valence-corrected chi connectivity index (χ2v) is 5.06. The fourth-order valence-electron chi connectivity index (χ4n) is 1.84. The molecule has 1 N–H and O–H groups in total. The number of aliphatic hydroxyl groups is 1. The second kappa shape index (κ2) is 8.49. The van der Waals surface area contributed by atoms with Crippen LogP contribution in [0.1, 0.15) is 44.7 Å². The van der Waals surface area contributed by atoms with Crippen molar-refractivity contribution in [1.82, 2.24) is 0 Å². The highest BCUT2D eigenvalue weighted by Crippen LogP contribution is 2.13. The van der Waals surface area contributed by atoms with E-state index >= 15 is 0 Å². The molecule has 0 unspecified atom stereocenters. The van der Waals surface area contributed by atoms with E-state index < -0.39 is 0 Å². The molecular formula is C18H24O. The van der Waals surface area contributed by atoms with Crippen LogP contribution in [0, 0.1) is 0 Å². The topological polar surface area (TPSA) is 20.2 Å². The third-order valence-electron chi connectivity index (χ3n) is 2.86. The van der Waals surface area contributed by atoms with Gasteiger partial charge in [0, 0.05) is 0 Å². The normalized spacial score (nSPS) is 11.9. The molecule has 1 nitrogen and oxygen atoms in total. The Balaban J connectivity index is 2.60. The van der Waals surface area contributed by atoms with Crippen LogP contribution in [-0.4, -0.2) is 11.7 Å². The Morgan fingerprint density at radius 1 is 1.05 bits per heavy atom. The summed E-state index contributed by atoms with van der Waals surface area (Å²) in [7, 11) is 0. The molecule has 0 aliphatic heterocycles. The number of benzene rings is 1. The number of aliphatic hydroxyl groups excluding tert-OH is 1. The van der Waals surface area contributed by atoms with Crippen LogP contribution in [0.5, 0.6) is 0 Å². The lowest BCUT2D eigenvalue weighted by atomic mass is 10.1. The van der Waals surface area contributed by atoms with Gasteiger partial charge in [0.15, 0.2) is 0 Å². The molecule has 0 aliphatic carbocycles. The molecule has 19 heavy (non-hydrogen) atoms. The van der Waals surface area contributed by atoms with Gasteiger partial charge in [0.1, 0.15) is 0 Å². The highest BCUT2D eigenvalue weighted by molar-refractivity contribution is 5.57. The third kappa shape index (κ3) is 6.78. The van der Waals surface area contributed by atoms with Gasteiger partial charge in [-0.25, -0.2) is 0 Å². The summed E-state index contributed by atoms with van der Waals surface area (Å²) in [5.74, 6) is 0. The van der Waals surface area contributed by atoms with Crippen molar-refractivity contribution in [2.75, 3.05) is 6.61 Å². The Bertz CT molecular complexity index is 457. The zero-order valence-electron chi connectivity index (χ0n) is 12.2. The van der Waals surface area contributed by atoms with Gasteiger partial charge < -0.3 is 5.11 Å². The van der Waals surface area contributed by atoms with Crippen molar-refractivity contribution in [2.45, 2.75) is 33.6 Å². The summed E-state index contributed by atoms with van der Waals surface area (Å²) >= 11 is 0. The van der Waals surface area contributed by atoms with Gasteiger partial charge in [-0.2, -0.15) is 0 Å². The Hall–Kier alpha value is -1.60. The molecule has 0 radical (unpaired) electrons. The third-order valence-corrected chi connectivity index (χ3v) is 2.86. The Kier molecular flexibility index (Phi) is 6.91. The summed E-state index contributed by atoms with van der Waals surface area (Å²) in [6.07, 6.45) is 10.4. The molecule has 1 rings (SSSR count). The molecule has 0 aromatic heterocycles. The summed E-state index contributed by atoms with van der Waals surface area (Å²) in [6, 6.07) is 8.37. The summed E-state index contributed by atoms with van der Waals surface area (Å²) < 4.78 is 0. The van der Waals surface area contributed by atoms with Gasteiger partial charge in [-0.05, 0) is 44.7 Å². The minimum absolute atomic E-state index is 0.0884. The highest BCUT2D eigenvalue weighted by atomic mass is 16.2. The molecule has 1 aromatic carbocycles. The molecule has 0 bridgehead atoms. The molecule has 0 atom stereocenters. The van der Waals surface area contributed by atoms with E-state index in [9.17, 15) is 0 Å². The molecule has 0 amide bonds. The van der Waals surface area contributed by atoms with E-state index in [1.165, 1.54) is 16.7 Å². The fourth-order valence-corrected chi connectivity index (χ4v) is 1.84. The van der Waals surface area contributed by atoms with E-state index in [0.29, 0.717) is 0 Å². The van der Waals surface area contributed by atoms with Crippen LogP contribution in [0.4, 0.5) is 0 Å². The molecule has 0 heterocycles. The molecule has 1 heteroatoms. The van der Waals surface area contributed by atoms with Gasteiger partial charge in [0.25, 0.3) is 0 Å². The quantitative estimate of drug-likeness (QED) is 0.722. The van der Waals surface area contributed by atoms with Crippen LogP contribution in [0.15, 0.2) is 47.6 Å². The minimum atomic E-state index is 0.0884. The second-order valence-electron chi connectivity index (χ2n) is 5.06. The predicted octanol–water partition coefficient (Wildman–Crippen LogP) is 4.84. The summed E-state index contributed by atoms with van der Waals surface area (Å²) in [5, 5.41) is 8.72. The first kappa shape index (κ1) is 15.5. The summed E-state index contributed by atoms with van der Waals surface area (Å²) in [5.41, 5.74) is 5.13. The largest absolute Gasteiger partial charge is 0.392 e. The van der Waals surface area contributed by atoms with Crippen LogP contribution >= 0.6 is 0 Å². The predicted molar refractivity (Wildman–Crippen MR) is 84.9 cm³/mol. The van der Waals surface area contributed by atoms with E-state index in [4.69, 9.17) is 5.11 Å². The zero-order valence-corrected chi connectivity index (χ0v) is 12.2. The van der Waals surface area contributed by atoms with Gasteiger partial charge in [0.2, 0.25) is 0 Å². The first-order valence-electron chi connectivity index (χ1n) is 6.80. The van der Waals surface area contributed by atoms with Crippen LogP contribution in [0.2, 0.25) is 0 Å².